The van der Waals surface area contributed by atoms with Crippen molar-refractivity contribution in [1.29, 1.82) is 0 Å². The van der Waals surface area contributed by atoms with E-state index < -0.39 is 6.08 Å². The van der Waals surface area contributed by atoms with E-state index in [0.717, 1.165) is 11.6 Å². The van der Waals surface area contributed by atoms with Crippen LogP contribution in [0.1, 0.15) is 17.5 Å². The monoisotopic (exact) mass is 182 g/mol. The molecular weight excluding hydrogens is 170 g/mol. The van der Waals surface area contributed by atoms with Crippen molar-refractivity contribution >= 4 is 0 Å². The summed E-state index contributed by atoms with van der Waals surface area (Å²) >= 11 is 0. The summed E-state index contributed by atoms with van der Waals surface area (Å²) in [6, 6.07) is 7.92. The number of hydrogen-bond donors (Lipinski definition) is 0. The van der Waals surface area contributed by atoms with Gasteiger partial charge in [0.2, 0.25) is 0 Å². The zero-order valence-corrected chi connectivity index (χ0v) is 7.56. The molecule has 2 heteroatoms. The largest absolute Gasteiger partial charge is 0.266 e. The Morgan fingerprint density at radius 1 is 1.23 bits per heavy atom. The van der Waals surface area contributed by atoms with Crippen molar-refractivity contribution in [2.75, 3.05) is 0 Å². The van der Waals surface area contributed by atoms with E-state index in [-0.39, 0.29) is 0 Å². The average Bonchev–Trinajstić information content (AvgIpc) is 2.08. The quantitative estimate of drug-likeness (QED) is 0.668. The summed E-state index contributed by atoms with van der Waals surface area (Å²) in [5.74, 6) is 0. The molecule has 0 bridgehead atoms. The van der Waals surface area contributed by atoms with Crippen LogP contribution in [0.3, 0.4) is 0 Å². The topological polar surface area (TPSA) is 0 Å². The third-order valence-electron chi connectivity index (χ3n) is 1.85. The van der Waals surface area contributed by atoms with Gasteiger partial charge in [-0.15, -0.1) is 0 Å². The van der Waals surface area contributed by atoms with Gasteiger partial charge in [-0.1, -0.05) is 29.8 Å². The van der Waals surface area contributed by atoms with Crippen LogP contribution in [0.5, 0.6) is 0 Å². The number of benzene rings is 1. The molecule has 0 heterocycles. The second-order valence-corrected chi connectivity index (χ2v) is 3.02. The van der Waals surface area contributed by atoms with Crippen molar-refractivity contribution in [3.8, 4) is 0 Å². The predicted molar refractivity (Wildman–Crippen MR) is 49.8 cm³/mol. The average molecular weight is 182 g/mol. The maximum absolute atomic E-state index is 11.7. The molecule has 0 saturated heterocycles. The minimum absolute atomic E-state index is 0.408. The van der Waals surface area contributed by atoms with Crippen molar-refractivity contribution in [2.45, 2.75) is 19.8 Å². The highest BCUT2D eigenvalue weighted by Crippen LogP contribution is 2.07. The molecule has 0 saturated carbocycles. The highest BCUT2D eigenvalue weighted by molar-refractivity contribution is 5.21. The van der Waals surface area contributed by atoms with E-state index in [1.807, 2.05) is 31.2 Å². The first-order valence-electron chi connectivity index (χ1n) is 4.25. The van der Waals surface area contributed by atoms with E-state index in [4.69, 9.17) is 0 Å². The van der Waals surface area contributed by atoms with Crippen LogP contribution in [0.4, 0.5) is 8.78 Å². The van der Waals surface area contributed by atoms with Crippen LogP contribution in [0, 0.1) is 6.92 Å². The van der Waals surface area contributed by atoms with Gasteiger partial charge in [-0.05, 0) is 31.4 Å². The molecule has 0 nitrogen and oxygen atoms in total. The number of allylic oxidation sites excluding steroid dienone is 1. The molecule has 1 rings (SSSR count). The molecule has 0 aliphatic rings. The third-order valence-corrected chi connectivity index (χ3v) is 1.85. The van der Waals surface area contributed by atoms with E-state index in [0.29, 0.717) is 12.8 Å². The van der Waals surface area contributed by atoms with Gasteiger partial charge in [0.05, 0.1) is 0 Å². The summed E-state index contributed by atoms with van der Waals surface area (Å²) in [5.41, 5.74) is 2.29. The van der Waals surface area contributed by atoms with Crippen molar-refractivity contribution in [2.24, 2.45) is 0 Å². The SMILES string of the molecule is Cc1ccc(CCC=C(F)F)cc1. The van der Waals surface area contributed by atoms with Gasteiger partial charge in [0.1, 0.15) is 0 Å². The van der Waals surface area contributed by atoms with Gasteiger partial charge in [-0.25, -0.2) is 0 Å². The maximum Gasteiger partial charge on any atom is 0.266 e. The van der Waals surface area contributed by atoms with E-state index in [1.54, 1.807) is 0 Å². The lowest BCUT2D eigenvalue weighted by molar-refractivity contribution is 0.417. The molecule has 0 amide bonds. The Hall–Kier alpha value is -1.18. The molecule has 0 fully saturated rings. The lowest BCUT2D eigenvalue weighted by atomic mass is 10.1. The fraction of sp³-hybridized carbons (Fsp3) is 0.273. The zero-order chi connectivity index (χ0) is 9.68. The van der Waals surface area contributed by atoms with Gasteiger partial charge in [-0.2, -0.15) is 8.78 Å². The Morgan fingerprint density at radius 2 is 1.85 bits per heavy atom. The van der Waals surface area contributed by atoms with Crippen LogP contribution < -0.4 is 0 Å². The normalized spacial score (nSPS) is 9.77. The van der Waals surface area contributed by atoms with Crippen LogP contribution >= 0.6 is 0 Å². The van der Waals surface area contributed by atoms with E-state index >= 15 is 0 Å². The van der Waals surface area contributed by atoms with Gasteiger partial charge in [-0.3, -0.25) is 0 Å². The smallest absolute Gasteiger partial charge is 0.174 e. The van der Waals surface area contributed by atoms with Crippen LogP contribution in [0.2, 0.25) is 0 Å². The van der Waals surface area contributed by atoms with Gasteiger partial charge in [0.25, 0.3) is 6.08 Å². The van der Waals surface area contributed by atoms with Crippen LogP contribution in [-0.2, 0) is 6.42 Å². The predicted octanol–water partition coefficient (Wildman–Crippen LogP) is 3.71. The zero-order valence-electron chi connectivity index (χ0n) is 7.56. The Kier molecular flexibility index (Phi) is 3.62. The molecule has 0 N–H and O–H groups in total. The molecule has 0 aromatic heterocycles. The van der Waals surface area contributed by atoms with E-state index in [1.165, 1.54) is 5.56 Å². The first-order chi connectivity index (χ1) is 6.18. The minimum atomic E-state index is -1.59. The minimum Gasteiger partial charge on any atom is -0.174 e. The molecule has 0 aliphatic heterocycles. The summed E-state index contributed by atoms with van der Waals surface area (Å²) in [6.45, 7) is 2.00. The standard InChI is InChI=1S/C11H12F2/c1-9-5-7-10(8-6-9)3-2-4-11(12)13/h4-8H,2-3H2,1H3. The summed E-state index contributed by atoms with van der Waals surface area (Å²) in [4.78, 5) is 0. The summed E-state index contributed by atoms with van der Waals surface area (Å²) in [5, 5.41) is 0. The molecular formula is C11H12F2. The van der Waals surface area contributed by atoms with Gasteiger partial charge in [0.15, 0.2) is 0 Å². The lowest BCUT2D eigenvalue weighted by Crippen LogP contribution is -1.83. The van der Waals surface area contributed by atoms with Crippen LogP contribution in [-0.4, -0.2) is 0 Å². The second-order valence-electron chi connectivity index (χ2n) is 3.02. The van der Waals surface area contributed by atoms with Gasteiger partial charge < -0.3 is 0 Å². The molecule has 0 radical (unpaired) electrons. The van der Waals surface area contributed by atoms with Crippen molar-refractivity contribution in [3.05, 3.63) is 47.5 Å². The van der Waals surface area contributed by atoms with E-state index in [2.05, 4.69) is 0 Å². The molecule has 13 heavy (non-hydrogen) atoms. The van der Waals surface area contributed by atoms with E-state index in [9.17, 15) is 8.78 Å². The molecule has 0 atom stereocenters. The van der Waals surface area contributed by atoms with Crippen molar-refractivity contribution in [1.82, 2.24) is 0 Å². The Labute approximate surface area is 76.9 Å². The third kappa shape index (κ3) is 3.83. The molecule has 0 unspecified atom stereocenters. The first-order valence-corrected chi connectivity index (χ1v) is 4.25. The number of halogens is 2. The fourth-order valence-electron chi connectivity index (χ4n) is 1.10. The Balaban J connectivity index is 2.46. The molecule has 1 aromatic rings. The lowest BCUT2D eigenvalue weighted by Gasteiger charge is -1.98. The molecule has 1 aromatic carbocycles. The molecule has 0 aliphatic carbocycles. The number of hydrogen-bond acceptors (Lipinski definition) is 0. The maximum atomic E-state index is 11.7. The Morgan fingerprint density at radius 3 is 2.38 bits per heavy atom. The number of rotatable bonds is 3. The summed E-state index contributed by atoms with van der Waals surface area (Å²) in [6.07, 6.45) is 0.454. The van der Waals surface area contributed by atoms with Gasteiger partial charge in [0, 0.05) is 0 Å². The van der Waals surface area contributed by atoms with Crippen molar-refractivity contribution in [3.63, 3.8) is 0 Å². The summed E-state index contributed by atoms with van der Waals surface area (Å²) < 4.78 is 23.3. The Bertz CT molecular complexity index is 281. The second kappa shape index (κ2) is 4.75. The molecule has 0 spiro atoms. The number of aryl methyl sites for hydroxylation is 2. The fourth-order valence-corrected chi connectivity index (χ4v) is 1.10. The molecule has 70 valence electrons. The van der Waals surface area contributed by atoms with Crippen LogP contribution in [0.25, 0.3) is 0 Å². The highest BCUT2D eigenvalue weighted by atomic mass is 19.3. The highest BCUT2D eigenvalue weighted by Gasteiger charge is 1.92. The first kappa shape index (κ1) is 9.90. The van der Waals surface area contributed by atoms with Crippen LogP contribution in [0.15, 0.2) is 36.4 Å². The van der Waals surface area contributed by atoms with Gasteiger partial charge >= 0.3 is 0 Å². The van der Waals surface area contributed by atoms with Crippen molar-refractivity contribution < 1.29 is 8.78 Å². The summed E-state index contributed by atoms with van der Waals surface area (Å²) in [7, 11) is 0.